The van der Waals surface area contributed by atoms with E-state index >= 15 is 0 Å². The third-order valence-corrected chi connectivity index (χ3v) is 11.5. The van der Waals surface area contributed by atoms with Crippen molar-refractivity contribution < 1.29 is 0 Å². The highest BCUT2D eigenvalue weighted by atomic mass is 15.1. The number of hydrogen-bond donors (Lipinski definition) is 0. The lowest BCUT2D eigenvalue weighted by atomic mass is 9.69. The van der Waals surface area contributed by atoms with Crippen LogP contribution >= 0.6 is 0 Å². The quantitative estimate of drug-likeness (QED) is 0.182. The van der Waals surface area contributed by atoms with Crippen LogP contribution in [0.3, 0.4) is 0 Å². The summed E-state index contributed by atoms with van der Waals surface area (Å²) in [4.78, 5) is 2.46. The van der Waals surface area contributed by atoms with Crippen LogP contribution in [0.2, 0.25) is 0 Å². The van der Waals surface area contributed by atoms with E-state index in [1.807, 2.05) is 0 Å². The van der Waals surface area contributed by atoms with Crippen molar-refractivity contribution >= 4 is 38.6 Å². The van der Waals surface area contributed by atoms with E-state index in [1.165, 1.54) is 77.2 Å². The molecular weight excluding hydrogens is 627 g/mol. The van der Waals surface area contributed by atoms with Crippen molar-refractivity contribution in [2.45, 2.75) is 5.41 Å². The van der Waals surface area contributed by atoms with Crippen LogP contribution in [0.1, 0.15) is 22.3 Å². The molecule has 242 valence electrons. The van der Waals surface area contributed by atoms with Gasteiger partial charge in [0.25, 0.3) is 0 Å². The van der Waals surface area contributed by atoms with Crippen LogP contribution in [0.15, 0.2) is 200 Å². The third-order valence-electron chi connectivity index (χ3n) is 11.5. The zero-order valence-corrected chi connectivity index (χ0v) is 28.5. The average molecular weight is 660 g/mol. The SMILES string of the molecule is c1ccc(-c2ccc(N(c3ccc4c(c3)C3(c5ccccc5-4)c4ccccc4-c4ccc5ccccc5c43)c3cccc4ccccc34)cc2)cc1. The van der Waals surface area contributed by atoms with Gasteiger partial charge >= 0.3 is 0 Å². The van der Waals surface area contributed by atoms with Crippen LogP contribution < -0.4 is 4.90 Å². The topological polar surface area (TPSA) is 3.24 Å². The Hall–Kier alpha value is -6.70. The highest BCUT2D eigenvalue weighted by Crippen LogP contribution is 2.64. The van der Waals surface area contributed by atoms with Gasteiger partial charge in [-0.25, -0.2) is 0 Å². The van der Waals surface area contributed by atoms with Gasteiger partial charge in [0, 0.05) is 16.8 Å². The Morgan fingerprint density at radius 2 is 0.865 bits per heavy atom. The lowest BCUT2D eigenvalue weighted by molar-refractivity contribution is 0.801. The van der Waals surface area contributed by atoms with E-state index in [0.717, 1.165) is 17.1 Å². The highest BCUT2D eigenvalue weighted by molar-refractivity contribution is 6.05. The summed E-state index contributed by atoms with van der Waals surface area (Å²) in [6.45, 7) is 0. The summed E-state index contributed by atoms with van der Waals surface area (Å²) < 4.78 is 0. The molecule has 52 heavy (non-hydrogen) atoms. The van der Waals surface area contributed by atoms with Crippen molar-refractivity contribution in [3.05, 3.63) is 222 Å². The summed E-state index contributed by atoms with van der Waals surface area (Å²) in [5, 5.41) is 5.03. The minimum absolute atomic E-state index is 0.462. The summed E-state index contributed by atoms with van der Waals surface area (Å²) >= 11 is 0. The summed E-state index contributed by atoms with van der Waals surface area (Å²) in [5.41, 5.74) is 16.1. The molecule has 9 aromatic carbocycles. The standard InChI is InChI=1S/C51H33N/c1-2-13-34(14-3-1)35-25-28-38(29-26-35)52(49-24-12-17-36-15-4-6-18-40(36)49)39-30-32-44-42-20-8-10-22-46(42)51(48(44)33-39)47-23-11-9-21-43(47)45-31-27-37-16-5-7-19-41(37)50(45)51/h1-33H. The van der Waals surface area contributed by atoms with Gasteiger partial charge in [0.15, 0.2) is 0 Å². The number of nitrogens with zero attached hydrogens (tertiary/aromatic N) is 1. The van der Waals surface area contributed by atoms with Gasteiger partial charge in [0.05, 0.1) is 11.1 Å². The molecule has 0 bridgehead atoms. The van der Waals surface area contributed by atoms with Crippen LogP contribution in [0, 0.1) is 0 Å². The largest absolute Gasteiger partial charge is 0.310 e. The van der Waals surface area contributed by atoms with E-state index in [0.29, 0.717) is 0 Å². The van der Waals surface area contributed by atoms with Crippen molar-refractivity contribution in [3.8, 4) is 33.4 Å². The number of benzene rings is 9. The minimum atomic E-state index is -0.462. The Morgan fingerprint density at radius 3 is 1.63 bits per heavy atom. The van der Waals surface area contributed by atoms with Crippen molar-refractivity contribution in [1.29, 1.82) is 0 Å². The van der Waals surface area contributed by atoms with E-state index < -0.39 is 5.41 Å². The molecule has 0 saturated carbocycles. The van der Waals surface area contributed by atoms with Crippen molar-refractivity contribution in [1.82, 2.24) is 0 Å². The second-order valence-electron chi connectivity index (χ2n) is 14.0. The fraction of sp³-hybridized carbons (Fsp3) is 0.0196. The molecule has 9 aromatic rings. The Bertz CT molecular complexity index is 2830. The van der Waals surface area contributed by atoms with Gasteiger partial charge in [-0.05, 0) is 102 Å². The van der Waals surface area contributed by atoms with E-state index in [1.54, 1.807) is 0 Å². The maximum Gasteiger partial charge on any atom is 0.0732 e. The molecule has 0 amide bonds. The van der Waals surface area contributed by atoms with Crippen LogP contribution in [0.5, 0.6) is 0 Å². The molecule has 0 radical (unpaired) electrons. The van der Waals surface area contributed by atoms with Gasteiger partial charge in [0.1, 0.15) is 0 Å². The van der Waals surface area contributed by atoms with Gasteiger partial charge < -0.3 is 4.90 Å². The lowest BCUT2D eigenvalue weighted by Gasteiger charge is -2.33. The highest BCUT2D eigenvalue weighted by Gasteiger charge is 2.52. The fourth-order valence-corrected chi connectivity index (χ4v) is 9.31. The molecule has 1 nitrogen and oxygen atoms in total. The molecule has 0 N–H and O–H groups in total. The normalized spacial score (nSPS) is 15.0. The van der Waals surface area contributed by atoms with Crippen LogP contribution in [0.4, 0.5) is 17.1 Å². The fourth-order valence-electron chi connectivity index (χ4n) is 9.31. The summed E-state index contributed by atoms with van der Waals surface area (Å²) in [6.07, 6.45) is 0. The van der Waals surface area contributed by atoms with Crippen LogP contribution in [0.25, 0.3) is 54.9 Å². The predicted octanol–water partition coefficient (Wildman–Crippen LogP) is 13.5. The summed E-state index contributed by atoms with van der Waals surface area (Å²) in [6, 6.07) is 74.0. The number of anilines is 3. The molecule has 1 spiro atoms. The third kappa shape index (κ3) is 3.99. The average Bonchev–Trinajstić information content (AvgIpc) is 3.69. The molecule has 0 aliphatic heterocycles. The van der Waals surface area contributed by atoms with E-state index in [4.69, 9.17) is 0 Å². The van der Waals surface area contributed by atoms with E-state index in [-0.39, 0.29) is 0 Å². The van der Waals surface area contributed by atoms with Gasteiger partial charge in [0.2, 0.25) is 0 Å². The first kappa shape index (κ1) is 29.1. The first-order chi connectivity index (χ1) is 25.8. The summed E-state index contributed by atoms with van der Waals surface area (Å²) in [7, 11) is 0. The molecule has 0 fully saturated rings. The Kier molecular flexibility index (Phi) is 6.23. The molecule has 11 rings (SSSR count). The Labute approximate surface area is 303 Å². The number of rotatable bonds is 4. The molecular formula is C51H33N. The maximum atomic E-state index is 2.50. The molecule has 1 heteroatoms. The molecule has 2 aliphatic rings. The molecule has 1 unspecified atom stereocenters. The molecule has 0 aromatic heterocycles. The van der Waals surface area contributed by atoms with Gasteiger partial charge in [-0.2, -0.15) is 0 Å². The molecule has 2 aliphatic carbocycles. The Morgan fingerprint density at radius 1 is 0.327 bits per heavy atom. The molecule has 1 atom stereocenters. The Balaban J connectivity index is 1.21. The van der Waals surface area contributed by atoms with Crippen molar-refractivity contribution in [3.63, 3.8) is 0 Å². The van der Waals surface area contributed by atoms with E-state index in [9.17, 15) is 0 Å². The predicted molar refractivity (Wildman–Crippen MR) is 218 cm³/mol. The zero-order valence-electron chi connectivity index (χ0n) is 28.5. The minimum Gasteiger partial charge on any atom is -0.310 e. The van der Waals surface area contributed by atoms with Crippen LogP contribution in [-0.4, -0.2) is 0 Å². The van der Waals surface area contributed by atoms with Gasteiger partial charge in [-0.1, -0.05) is 170 Å². The molecule has 0 saturated heterocycles. The molecule has 0 heterocycles. The second kappa shape index (κ2) is 11.2. The first-order valence-electron chi connectivity index (χ1n) is 18.1. The first-order valence-corrected chi connectivity index (χ1v) is 18.1. The summed E-state index contributed by atoms with van der Waals surface area (Å²) in [5.74, 6) is 0. The maximum absolute atomic E-state index is 2.50. The smallest absolute Gasteiger partial charge is 0.0732 e. The lowest BCUT2D eigenvalue weighted by Crippen LogP contribution is -2.26. The van der Waals surface area contributed by atoms with E-state index in [2.05, 4.69) is 205 Å². The van der Waals surface area contributed by atoms with Gasteiger partial charge in [-0.3, -0.25) is 0 Å². The number of fused-ring (bicyclic) bond motifs is 13. The zero-order chi connectivity index (χ0) is 34.2. The van der Waals surface area contributed by atoms with Crippen molar-refractivity contribution in [2.75, 3.05) is 4.90 Å². The number of hydrogen-bond acceptors (Lipinski definition) is 1. The van der Waals surface area contributed by atoms with Crippen molar-refractivity contribution in [2.24, 2.45) is 0 Å². The monoisotopic (exact) mass is 659 g/mol. The van der Waals surface area contributed by atoms with Crippen LogP contribution in [-0.2, 0) is 5.41 Å². The van der Waals surface area contributed by atoms with Gasteiger partial charge in [-0.15, -0.1) is 0 Å². The second-order valence-corrected chi connectivity index (χ2v) is 14.0.